The molecule has 1 N–H and O–H groups in total. The molecular weight excluding hydrogens is 210 g/mol. The van der Waals surface area contributed by atoms with Crippen molar-refractivity contribution >= 4 is 0 Å². The van der Waals surface area contributed by atoms with Gasteiger partial charge in [0, 0.05) is 37.8 Å². The topological polar surface area (TPSA) is 18.5 Å². The highest BCUT2D eigenvalue weighted by Crippen LogP contribution is 2.15. The van der Waals surface area contributed by atoms with Crippen molar-refractivity contribution < 1.29 is 0 Å². The Labute approximate surface area is 107 Å². The highest BCUT2D eigenvalue weighted by atomic mass is 15.3. The van der Waals surface area contributed by atoms with Crippen LogP contribution < -0.4 is 5.32 Å². The van der Waals surface area contributed by atoms with E-state index in [1.165, 1.54) is 51.9 Å². The lowest BCUT2D eigenvalue weighted by Crippen LogP contribution is -2.57. The quantitative estimate of drug-likeness (QED) is 0.788. The summed E-state index contributed by atoms with van der Waals surface area (Å²) in [7, 11) is 2.26. The first kappa shape index (κ1) is 13.3. The van der Waals surface area contributed by atoms with E-state index in [0.717, 1.165) is 6.04 Å². The van der Waals surface area contributed by atoms with E-state index in [0.29, 0.717) is 12.1 Å². The molecule has 3 nitrogen and oxygen atoms in total. The minimum atomic E-state index is 0.699. The number of rotatable bonds is 2. The van der Waals surface area contributed by atoms with E-state index in [1.54, 1.807) is 0 Å². The fourth-order valence-electron chi connectivity index (χ4n) is 3.23. The Balaban J connectivity index is 1.81. The molecule has 2 aliphatic heterocycles. The molecule has 0 aromatic rings. The monoisotopic (exact) mass is 239 g/mol. The number of hydrogen-bond acceptors (Lipinski definition) is 3. The average Bonchev–Trinajstić information content (AvgIpc) is 2.54. The standard InChI is InChI=1S/C14H29N3/c1-12-9-17(10-13(2)16(12)3)11-14-7-5-4-6-8-15-14/h12-15H,4-11H2,1-3H3. The first-order valence-electron chi connectivity index (χ1n) is 7.34. The summed E-state index contributed by atoms with van der Waals surface area (Å²) in [6, 6.07) is 2.13. The van der Waals surface area contributed by atoms with Crippen LogP contribution in [0.3, 0.4) is 0 Å². The van der Waals surface area contributed by atoms with Crippen molar-refractivity contribution in [3.63, 3.8) is 0 Å². The van der Waals surface area contributed by atoms with Gasteiger partial charge in [0.05, 0.1) is 0 Å². The molecular formula is C14H29N3. The first-order chi connectivity index (χ1) is 8.16. The molecule has 3 unspecified atom stereocenters. The Morgan fingerprint density at radius 3 is 2.47 bits per heavy atom. The molecule has 2 heterocycles. The summed E-state index contributed by atoms with van der Waals surface area (Å²) in [6.07, 6.45) is 5.57. The number of hydrogen-bond donors (Lipinski definition) is 1. The Bertz CT molecular complexity index is 212. The van der Waals surface area contributed by atoms with Gasteiger partial charge in [-0.05, 0) is 40.3 Å². The summed E-state index contributed by atoms with van der Waals surface area (Å²) in [6.45, 7) is 9.65. The van der Waals surface area contributed by atoms with Crippen LogP contribution in [0, 0.1) is 0 Å². The first-order valence-corrected chi connectivity index (χ1v) is 7.34. The number of likely N-dealkylation sites (N-methyl/N-ethyl adjacent to an activating group) is 1. The summed E-state index contributed by atoms with van der Waals surface area (Å²) in [5.41, 5.74) is 0. The third-order valence-corrected chi connectivity index (χ3v) is 4.58. The third kappa shape index (κ3) is 3.67. The molecule has 0 aliphatic carbocycles. The van der Waals surface area contributed by atoms with E-state index in [1.807, 2.05) is 0 Å². The van der Waals surface area contributed by atoms with Crippen molar-refractivity contribution in [1.82, 2.24) is 15.1 Å². The Kier molecular flexibility index (Phi) is 4.83. The van der Waals surface area contributed by atoms with Gasteiger partial charge >= 0.3 is 0 Å². The van der Waals surface area contributed by atoms with Gasteiger partial charge in [0.25, 0.3) is 0 Å². The highest BCUT2D eigenvalue weighted by molar-refractivity contribution is 4.85. The molecule has 0 saturated carbocycles. The Hall–Kier alpha value is -0.120. The molecule has 2 saturated heterocycles. The third-order valence-electron chi connectivity index (χ3n) is 4.58. The largest absolute Gasteiger partial charge is 0.313 e. The van der Waals surface area contributed by atoms with Crippen LogP contribution in [0.2, 0.25) is 0 Å². The summed E-state index contributed by atoms with van der Waals surface area (Å²) in [4.78, 5) is 5.18. The normalized spacial score (nSPS) is 37.9. The van der Waals surface area contributed by atoms with E-state index in [2.05, 4.69) is 36.0 Å². The van der Waals surface area contributed by atoms with Crippen LogP contribution in [0.5, 0.6) is 0 Å². The van der Waals surface area contributed by atoms with Crippen LogP contribution in [-0.4, -0.2) is 61.2 Å². The minimum Gasteiger partial charge on any atom is -0.313 e. The zero-order valence-electron chi connectivity index (χ0n) is 11.8. The van der Waals surface area contributed by atoms with Crippen molar-refractivity contribution in [1.29, 1.82) is 0 Å². The predicted molar refractivity (Wildman–Crippen MR) is 73.4 cm³/mol. The number of piperazine rings is 1. The maximum absolute atomic E-state index is 3.71. The van der Waals surface area contributed by atoms with E-state index in [4.69, 9.17) is 0 Å². The summed E-state index contributed by atoms with van der Waals surface area (Å²) < 4.78 is 0. The molecule has 0 amide bonds. The van der Waals surface area contributed by atoms with Crippen LogP contribution in [0.25, 0.3) is 0 Å². The lowest BCUT2D eigenvalue weighted by molar-refractivity contribution is 0.0540. The second kappa shape index (κ2) is 6.17. The molecule has 0 aromatic heterocycles. The maximum atomic E-state index is 3.71. The summed E-state index contributed by atoms with van der Waals surface area (Å²) in [5.74, 6) is 0. The number of nitrogens with one attached hydrogen (secondary N) is 1. The SMILES string of the molecule is CC1CN(CC2CCCCCN2)CC(C)N1C. The lowest BCUT2D eigenvalue weighted by Gasteiger charge is -2.43. The van der Waals surface area contributed by atoms with Crippen LogP contribution in [0.4, 0.5) is 0 Å². The van der Waals surface area contributed by atoms with Gasteiger partial charge in [-0.15, -0.1) is 0 Å². The maximum Gasteiger partial charge on any atom is 0.0195 e. The van der Waals surface area contributed by atoms with Gasteiger partial charge < -0.3 is 5.32 Å². The summed E-state index contributed by atoms with van der Waals surface area (Å²) >= 11 is 0. The molecule has 2 fully saturated rings. The van der Waals surface area contributed by atoms with Gasteiger partial charge in [0.15, 0.2) is 0 Å². The van der Waals surface area contributed by atoms with E-state index in [-0.39, 0.29) is 0 Å². The van der Waals surface area contributed by atoms with Crippen LogP contribution in [-0.2, 0) is 0 Å². The van der Waals surface area contributed by atoms with Crippen molar-refractivity contribution in [2.75, 3.05) is 33.2 Å². The van der Waals surface area contributed by atoms with Gasteiger partial charge in [0.1, 0.15) is 0 Å². The fraction of sp³-hybridized carbons (Fsp3) is 1.00. The van der Waals surface area contributed by atoms with E-state index in [9.17, 15) is 0 Å². The zero-order valence-corrected chi connectivity index (χ0v) is 11.8. The van der Waals surface area contributed by atoms with Gasteiger partial charge in [-0.25, -0.2) is 0 Å². The summed E-state index contributed by atoms with van der Waals surface area (Å²) in [5, 5.41) is 3.71. The van der Waals surface area contributed by atoms with Gasteiger partial charge in [0.2, 0.25) is 0 Å². The van der Waals surface area contributed by atoms with E-state index < -0.39 is 0 Å². The van der Waals surface area contributed by atoms with Crippen molar-refractivity contribution in [2.45, 2.75) is 57.7 Å². The molecule has 2 rings (SSSR count). The molecule has 0 spiro atoms. The molecule has 0 radical (unpaired) electrons. The van der Waals surface area contributed by atoms with E-state index >= 15 is 0 Å². The van der Waals surface area contributed by atoms with Gasteiger partial charge in [-0.3, -0.25) is 9.80 Å². The van der Waals surface area contributed by atoms with Crippen LogP contribution in [0.15, 0.2) is 0 Å². The van der Waals surface area contributed by atoms with Gasteiger partial charge in [-0.2, -0.15) is 0 Å². The number of nitrogens with zero attached hydrogens (tertiary/aromatic N) is 2. The average molecular weight is 239 g/mol. The smallest absolute Gasteiger partial charge is 0.0195 e. The Morgan fingerprint density at radius 2 is 1.76 bits per heavy atom. The fourth-order valence-corrected chi connectivity index (χ4v) is 3.23. The second-order valence-electron chi connectivity index (χ2n) is 6.08. The Morgan fingerprint density at radius 1 is 1.06 bits per heavy atom. The lowest BCUT2D eigenvalue weighted by atomic mass is 10.1. The highest BCUT2D eigenvalue weighted by Gasteiger charge is 2.27. The predicted octanol–water partition coefficient (Wildman–Crippen LogP) is 1.54. The second-order valence-corrected chi connectivity index (χ2v) is 6.08. The molecule has 3 heteroatoms. The molecule has 2 aliphatic rings. The minimum absolute atomic E-state index is 0.699. The molecule has 100 valence electrons. The van der Waals surface area contributed by atoms with Crippen molar-refractivity contribution in [3.05, 3.63) is 0 Å². The van der Waals surface area contributed by atoms with Gasteiger partial charge in [-0.1, -0.05) is 12.8 Å². The molecule has 0 aromatic carbocycles. The molecule has 0 bridgehead atoms. The van der Waals surface area contributed by atoms with Crippen LogP contribution >= 0.6 is 0 Å². The molecule has 3 atom stereocenters. The zero-order chi connectivity index (χ0) is 12.3. The molecule has 17 heavy (non-hydrogen) atoms. The van der Waals surface area contributed by atoms with Crippen molar-refractivity contribution in [2.24, 2.45) is 0 Å². The van der Waals surface area contributed by atoms with Crippen LogP contribution in [0.1, 0.15) is 39.5 Å². The van der Waals surface area contributed by atoms with Crippen molar-refractivity contribution in [3.8, 4) is 0 Å².